The zero-order valence-electron chi connectivity index (χ0n) is 27.2. The van der Waals surface area contributed by atoms with Crippen LogP contribution in [-0.4, -0.2) is 57.1 Å². The summed E-state index contributed by atoms with van der Waals surface area (Å²) < 4.78 is 15.2. The van der Waals surface area contributed by atoms with Crippen LogP contribution in [0.5, 0.6) is 0 Å². The van der Waals surface area contributed by atoms with Crippen LogP contribution in [0.4, 0.5) is 10.1 Å². The van der Waals surface area contributed by atoms with E-state index < -0.39 is 0 Å². The summed E-state index contributed by atoms with van der Waals surface area (Å²) in [4.78, 5) is 31.1. The highest BCUT2D eigenvalue weighted by Gasteiger charge is 2.56. The Labute approximate surface area is 270 Å². The van der Waals surface area contributed by atoms with E-state index in [4.69, 9.17) is 9.98 Å². The quantitative estimate of drug-likeness (QED) is 0.204. The number of nitrogens with zero attached hydrogens (tertiary/aromatic N) is 5. The van der Waals surface area contributed by atoms with Crippen LogP contribution in [0.25, 0.3) is 22.3 Å². The number of anilines is 1. The van der Waals surface area contributed by atoms with Gasteiger partial charge in [0, 0.05) is 55.9 Å². The van der Waals surface area contributed by atoms with E-state index in [2.05, 4.69) is 48.2 Å². The van der Waals surface area contributed by atoms with Crippen molar-refractivity contribution in [1.29, 1.82) is 0 Å². The minimum Gasteiger partial charge on any atom is -0.340 e. The number of halogens is 1. The van der Waals surface area contributed by atoms with E-state index in [9.17, 15) is 9.18 Å². The monoisotopic (exact) mass is 621 g/mol. The van der Waals surface area contributed by atoms with Gasteiger partial charge < -0.3 is 15.5 Å². The minimum atomic E-state index is -0.276. The second-order valence-electron chi connectivity index (χ2n) is 14.1. The normalized spacial score (nSPS) is 25.7. The molecule has 0 spiro atoms. The number of aliphatic imine (C=N–C) groups is 1. The molecule has 46 heavy (non-hydrogen) atoms. The first-order valence-corrected chi connectivity index (χ1v) is 16.7. The number of pyridine rings is 1. The Morgan fingerprint density at radius 1 is 1.13 bits per heavy atom. The number of fused-ring (bicyclic) bond motifs is 3. The summed E-state index contributed by atoms with van der Waals surface area (Å²) in [6.07, 6.45) is 6.47. The molecule has 0 radical (unpaired) electrons. The van der Waals surface area contributed by atoms with Gasteiger partial charge in [-0.15, -0.1) is 0 Å². The first-order valence-electron chi connectivity index (χ1n) is 16.7. The molecular weight excluding hydrogens is 577 g/mol. The number of piperazine rings is 1. The molecule has 3 saturated carbocycles. The molecule has 4 fully saturated rings. The third-order valence-corrected chi connectivity index (χ3v) is 10.9. The van der Waals surface area contributed by atoms with Crippen molar-refractivity contribution in [3.8, 4) is 11.4 Å². The molecule has 4 aromatic rings. The molecule has 4 aliphatic rings. The lowest BCUT2D eigenvalue weighted by Gasteiger charge is -2.61. The summed E-state index contributed by atoms with van der Waals surface area (Å²) in [5, 5.41) is 7.79. The van der Waals surface area contributed by atoms with Crippen molar-refractivity contribution < 1.29 is 4.39 Å². The lowest BCUT2D eigenvalue weighted by Crippen LogP contribution is -2.57. The summed E-state index contributed by atoms with van der Waals surface area (Å²) in [5.74, 6) is 3.17. The Kier molecular flexibility index (Phi) is 8.13. The lowest BCUT2D eigenvalue weighted by atomic mass is 9.45. The van der Waals surface area contributed by atoms with E-state index in [0.29, 0.717) is 53.0 Å². The summed E-state index contributed by atoms with van der Waals surface area (Å²) in [7, 11) is 0. The zero-order valence-corrected chi connectivity index (χ0v) is 27.2. The number of nitrogens with one attached hydrogen (secondary N) is 2. The van der Waals surface area contributed by atoms with Gasteiger partial charge in [0.2, 0.25) is 0 Å². The van der Waals surface area contributed by atoms with E-state index in [1.54, 1.807) is 29.1 Å². The predicted octanol–water partition coefficient (Wildman–Crippen LogP) is 5.97. The molecule has 240 valence electrons. The topological polar surface area (TPSA) is 87.4 Å². The van der Waals surface area contributed by atoms with Crippen LogP contribution >= 0.6 is 0 Å². The Morgan fingerprint density at radius 2 is 1.96 bits per heavy atom. The maximum Gasteiger partial charge on any atom is 0.261 e. The van der Waals surface area contributed by atoms with Crippen molar-refractivity contribution in [2.24, 2.45) is 28.2 Å². The first-order chi connectivity index (χ1) is 22.2. The van der Waals surface area contributed by atoms with Crippen molar-refractivity contribution in [1.82, 2.24) is 24.8 Å². The molecule has 2 aromatic carbocycles. The Balaban J connectivity index is 1.23. The standard InChI is InChI=1S/C37H44FN7O/c1-23-22-44(17-15-40-23)36(43-32-19-27-18-31(24(32)2)37(27,3)4)41-29-11-12-30-33(20-29)42-34(26-6-5-14-39-21-26)45(35(30)46)16-13-25-7-9-28(38)10-8-25/h5-12,14,20-21,23-24,27,31-32,40H,13,15-19,22H2,1-4H3,(H,41,43)/t23-,24-,27-,31+,32?/m0/s1. The van der Waals surface area contributed by atoms with Gasteiger partial charge in [0.15, 0.2) is 5.96 Å². The molecule has 1 aliphatic heterocycles. The van der Waals surface area contributed by atoms with Gasteiger partial charge in [-0.2, -0.15) is 0 Å². The molecule has 8 nitrogen and oxygen atoms in total. The summed E-state index contributed by atoms with van der Waals surface area (Å²) in [6, 6.07) is 16.6. The number of aromatic nitrogens is 3. The minimum absolute atomic E-state index is 0.111. The van der Waals surface area contributed by atoms with E-state index in [-0.39, 0.29) is 17.4 Å². The van der Waals surface area contributed by atoms with Gasteiger partial charge in [0.1, 0.15) is 11.6 Å². The summed E-state index contributed by atoms with van der Waals surface area (Å²) in [6.45, 7) is 12.5. The number of rotatable bonds is 6. The molecule has 1 saturated heterocycles. The molecule has 9 heteroatoms. The number of hydrogen-bond donors (Lipinski definition) is 2. The van der Waals surface area contributed by atoms with Crippen molar-refractivity contribution >= 4 is 22.5 Å². The van der Waals surface area contributed by atoms with Crippen LogP contribution in [0.1, 0.15) is 46.1 Å². The number of aryl methyl sites for hydroxylation is 1. The van der Waals surface area contributed by atoms with Crippen LogP contribution < -0.4 is 16.2 Å². The van der Waals surface area contributed by atoms with Gasteiger partial charge in [0.05, 0.1) is 16.9 Å². The highest BCUT2D eigenvalue weighted by Crippen LogP contribution is 2.61. The molecule has 5 atom stereocenters. The molecule has 2 bridgehead atoms. The molecule has 1 unspecified atom stereocenters. The van der Waals surface area contributed by atoms with Crippen LogP contribution in [0.3, 0.4) is 0 Å². The van der Waals surface area contributed by atoms with Crippen LogP contribution in [0.15, 0.2) is 76.8 Å². The number of benzene rings is 2. The fourth-order valence-corrected chi connectivity index (χ4v) is 8.01. The molecule has 3 heterocycles. The van der Waals surface area contributed by atoms with Crippen LogP contribution in [0, 0.1) is 29.0 Å². The molecule has 2 aromatic heterocycles. The Morgan fingerprint density at radius 3 is 2.67 bits per heavy atom. The third-order valence-electron chi connectivity index (χ3n) is 10.9. The number of guanidine groups is 1. The van der Waals surface area contributed by atoms with E-state index in [1.165, 1.54) is 18.6 Å². The molecular formula is C37H44FN7O. The van der Waals surface area contributed by atoms with E-state index in [0.717, 1.165) is 54.7 Å². The van der Waals surface area contributed by atoms with Gasteiger partial charge in [-0.3, -0.25) is 14.3 Å². The fourth-order valence-electron chi connectivity index (χ4n) is 8.01. The van der Waals surface area contributed by atoms with Gasteiger partial charge >= 0.3 is 0 Å². The van der Waals surface area contributed by atoms with Gasteiger partial charge in [0.25, 0.3) is 5.56 Å². The highest BCUT2D eigenvalue weighted by molar-refractivity contribution is 5.96. The SMILES string of the molecule is C[C@@H]1C(N=C(Nc2ccc3c(=O)n(CCc4ccc(F)cc4)c(-c4cccnc4)nc3c2)N2CCN[C@@H](C)C2)C[C@@H]2C[C@H]1C2(C)C. The van der Waals surface area contributed by atoms with Crippen molar-refractivity contribution in [2.45, 2.75) is 65.6 Å². The second kappa shape index (κ2) is 12.2. The molecule has 8 rings (SSSR count). The second-order valence-corrected chi connectivity index (χ2v) is 14.1. The summed E-state index contributed by atoms with van der Waals surface area (Å²) >= 11 is 0. The largest absolute Gasteiger partial charge is 0.340 e. The Bertz CT molecular complexity index is 1800. The number of hydrogen-bond acceptors (Lipinski definition) is 5. The molecule has 3 aliphatic carbocycles. The average molecular weight is 622 g/mol. The highest BCUT2D eigenvalue weighted by atomic mass is 19.1. The molecule has 2 N–H and O–H groups in total. The van der Waals surface area contributed by atoms with Crippen molar-refractivity contribution in [2.75, 3.05) is 25.0 Å². The van der Waals surface area contributed by atoms with E-state index >= 15 is 0 Å². The Hall–Kier alpha value is -4.11. The molecule has 0 amide bonds. The van der Waals surface area contributed by atoms with Crippen molar-refractivity contribution in [3.63, 3.8) is 0 Å². The smallest absolute Gasteiger partial charge is 0.261 e. The fraction of sp³-hybridized carbons (Fsp3) is 0.459. The predicted molar refractivity (Wildman–Crippen MR) is 182 cm³/mol. The van der Waals surface area contributed by atoms with Crippen LogP contribution in [0.2, 0.25) is 0 Å². The average Bonchev–Trinajstić information content (AvgIpc) is 3.05. The van der Waals surface area contributed by atoms with Gasteiger partial charge in [-0.1, -0.05) is 32.9 Å². The van der Waals surface area contributed by atoms with Gasteiger partial charge in [-0.25, -0.2) is 14.4 Å². The van der Waals surface area contributed by atoms with E-state index in [1.807, 2.05) is 30.3 Å². The first kappa shape index (κ1) is 30.5. The maximum atomic E-state index is 14.0. The van der Waals surface area contributed by atoms with Crippen LogP contribution in [-0.2, 0) is 13.0 Å². The zero-order chi connectivity index (χ0) is 32.0. The third kappa shape index (κ3) is 5.81. The summed E-state index contributed by atoms with van der Waals surface area (Å²) in [5.41, 5.74) is 3.49. The van der Waals surface area contributed by atoms with Crippen molar-refractivity contribution in [3.05, 3.63) is 88.7 Å². The maximum absolute atomic E-state index is 14.0. The lowest BCUT2D eigenvalue weighted by molar-refractivity contribution is -0.108. The van der Waals surface area contributed by atoms with Gasteiger partial charge in [-0.05, 0) is 97.4 Å².